The molecule has 24 heavy (non-hydrogen) atoms. The zero-order chi connectivity index (χ0) is 17.5. The van der Waals surface area contributed by atoms with Gasteiger partial charge in [0.15, 0.2) is 0 Å². The third kappa shape index (κ3) is 4.70. The van der Waals surface area contributed by atoms with Gasteiger partial charge in [-0.1, -0.05) is 23.7 Å². The van der Waals surface area contributed by atoms with Gasteiger partial charge in [-0.3, -0.25) is 4.79 Å². The quantitative estimate of drug-likeness (QED) is 0.779. The van der Waals surface area contributed by atoms with Crippen LogP contribution in [0.5, 0.6) is 0 Å². The molecule has 2 aromatic rings. The first kappa shape index (κ1) is 17.7. The maximum atomic E-state index is 13.6. The Hall–Kier alpha value is -2.60. The van der Waals surface area contributed by atoms with Gasteiger partial charge < -0.3 is 15.4 Å². The summed E-state index contributed by atoms with van der Waals surface area (Å²) in [7, 11) is 0. The molecule has 0 aliphatic rings. The predicted octanol–water partition coefficient (Wildman–Crippen LogP) is 3.71. The lowest BCUT2D eigenvalue weighted by Gasteiger charge is -2.11. The van der Waals surface area contributed by atoms with E-state index in [0.29, 0.717) is 5.69 Å². The smallest absolute Gasteiger partial charge is 0.340 e. The summed E-state index contributed by atoms with van der Waals surface area (Å²) < 4.78 is 18.6. The molecule has 2 aromatic carbocycles. The average Bonchev–Trinajstić information content (AvgIpc) is 2.54. The zero-order valence-corrected chi connectivity index (χ0v) is 13.7. The lowest BCUT2D eigenvalue weighted by atomic mass is 10.2. The minimum absolute atomic E-state index is 0.160. The van der Waals surface area contributed by atoms with Gasteiger partial charge >= 0.3 is 5.97 Å². The highest BCUT2D eigenvalue weighted by atomic mass is 35.5. The summed E-state index contributed by atoms with van der Waals surface area (Å²) in [5.74, 6) is -1.51. The molecule has 0 unspecified atom stereocenters. The van der Waals surface area contributed by atoms with Crippen molar-refractivity contribution in [1.29, 1.82) is 0 Å². The standard InChI is InChI=1S/C17H16ClFN2O3/c1-2-24-17(23)12-5-3-4-6-14(12)21-16(22)10-20-15-8-7-11(18)9-13(15)19/h3-9,20H,2,10H2,1H3,(H,21,22). The Labute approximate surface area is 143 Å². The van der Waals surface area contributed by atoms with E-state index in [0.717, 1.165) is 6.07 Å². The second-order valence-electron chi connectivity index (χ2n) is 4.79. The number of nitrogens with one attached hydrogen (secondary N) is 2. The van der Waals surface area contributed by atoms with Crippen LogP contribution in [0.3, 0.4) is 0 Å². The fourth-order valence-corrected chi connectivity index (χ4v) is 2.14. The van der Waals surface area contributed by atoms with Crippen LogP contribution in [0, 0.1) is 5.82 Å². The van der Waals surface area contributed by atoms with Gasteiger partial charge in [-0.2, -0.15) is 0 Å². The number of halogens is 2. The van der Waals surface area contributed by atoms with Crippen LogP contribution in [0.15, 0.2) is 42.5 Å². The van der Waals surface area contributed by atoms with E-state index in [9.17, 15) is 14.0 Å². The maximum absolute atomic E-state index is 13.6. The first-order chi connectivity index (χ1) is 11.5. The summed E-state index contributed by atoms with van der Waals surface area (Å²) in [6.07, 6.45) is 0. The molecule has 0 spiro atoms. The molecule has 1 amide bonds. The zero-order valence-electron chi connectivity index (χ0n) is 12.9. The monoisotopic (exact) mass is 350 g/mol. The Balaban J connectivity index is 2.01. The van der Waals surface area contributed by atoms with E-state index in [1.807, 2.05) is 0 Å². The van der Waals surface area contributed by atoms with Crippen molar-refractivity contribution in [3.05, 3.63) is 58.9 Å². The van der Waals surface area contributed by atoms with Crippen molar-refractivity contribution in [1.82, 2.24) is 0 Å². The van der Waals surface area contributed by atoms with Crippen LogP contribution in [-0.2, 0) is 9.53 Å². The molecule has 0 aliphatic carbocycles. The van der Waals surface area contributed by atoms with Crippen molar-refractivity contribution in [2.24, 2.45) is 0 Å². The highest BCUT2D eigenvalue weighted by molar-refractivity contribution is 6.30. The number of ether oxygens (including phenoxy) is 1. The molecular weight excluding hydrogens is 335 g/mol. The summed E-state index contributed by atoms with van der Waals surface area (Å²) in [4.78, 5) is 23.9. The van der Waals surface area contributed by atoms with Crippen molar-refractivity contribution in [3.8, 4) is 0 Å². The number of hydrogen-bond acceptors (Lipinski definition) is 4. The van der Waals surface area contributed by atoms with Crippen LogP contribution in [0.2, 0.25) is 5.02 Å². The SMILES string of the molecule is CCOC(=O)c1ccccc1NC(=O)CNc1ccc(Cl)cc1F. The normalized spacial score (nSPS) is 10.1. The van der Waals surface area contributed by atoms with Crippen molar-refractivity contribution in [2.75, 3.05) is 23.8 Å². The van der Waals surface area contributed by atoms with Crippen molar-refractivity contribution >= 4 is 34.9 Å². The molecule has 0 saturated heterocycles. The number of anilines is 2. The fraction of sp³-hybridized carbons (Fsp3) is 0.176. The van der Waals surface area contributed by atoms with Crippen molar-refractivity contribution in [3.63, 3.8) is 0 Å². The number of esters is 1. The second kappa shape index (κ2) is 8.31. The number of carbonyl (C=O) groups excluding carboxylic acids is 2. The number of para-hydroxylation sites is 1. The minimum Gasteiger partial charge on any atom is -0.462 e. The minimum atomic E-state index is -0.553. The second-order valence-corrected chi connectivity index (χ2v) is 5.23. The van der Waals surface area contributed by atoms with Gasteiger partial charge in [-0.15, -0.1) is 0 Å². The van der Waals surface area contributed by atoms with Gasteiger partial charge in [0.25, 0.3) is 0 Å². The Morgan fingerprint density at radius 1 is 1.17 bits per heavy atom. The number of hydrogen-bond donors (Lipinski definition) is 2. The van der Waals surface area contributed by atoms with E-state index in [2.05, 4.69) is 10.6 Å². The van der Waals surface area contributed by atoms with Gasteiger partial charge in [0.1, 0.15) is 5.82 Å². The Bertz CT molecular complexity index is 752. The molecule has 0 saturated carbocycles. The molecule has 0 heterocycles. The lowest BCUT2D eigenvalue weighted by Crippen LogP contribution is -2.23. The van der Waals surface area contributed by atoms with Crippen LogP contribution in [0.25, 0.3) is 0 Å². The van der Waals surface area contributed by atoms with E-state index < -0.39 is 17.7 Å². The Kier molecular flexibility index (Phi) is 6.14. The first-order valence-electron chi connectivity index (χ1n) is 7.26. The third-order valence-corrected chi connectivity index (χ3v) is 3.30. The highest BCUT2D eigenvalue weighted by Gasteiger charge is 2.14. The summed E-state index contributed by atoms with van der Waals surface area (Å²) >= 11 is 5.67. The average molecular weight is 351 g/mol. The molecule has 0 aromatic heterocycles. The number of carbonyl (C=O) groups is 2. The molecule has 0 aliphatic heterocycles. The van der Waals surface area contributed by atoms with Crippen molar-refractivity contribution < 1.29 is 18.7 Å². The van der Waals surface area contributed by atoms with Gasteiger partial charge in [-0.05, 0) is 37.3 Å². The Morgan fingerprint density at radius 3 is 2.62 bits per heavy atom. The first-order valence-corrected chi connectivity index (χ1v) is 7.64. The lowest BCUT2D eigenvalue weighted by molar-refractivity contribution is -0.114. The predicted molar refractivity (Wildman–Crippen MR) is 90.9 cm³/mol. The van der Waals surface area contributed by atoms with Crippen LogP contribution in [0.1, 0.15) is 17.3 Å². The highest BCUT2D eigenvalue weighted by Crippen LogP contribution is 2.19. The summed E-state index contributed by atoms with van der Waals surface area (Å²) in [5, 5.41) is 5.54. The van der Waals surface area contributed by atoms with E-state index in [1.165, 1.54) is 12.1 Å². The summed E-state index contributed by atoms with van der Waals surface area (Å²) in [6, 6.07) is 10.6. The molecule has 126 valence electrons. The van der Waals surface area contributed by atoms with Crippen molar-refractivity contribution in [2.45, 2.75) is 6.92 Å². The number of amides is 1. The number of rotatable bonds is 6. The van der Waals surface area contributed by atoms with Gasteiger partial charge in [0, 0.05) is 5.02 Å². The van der Waals surface area contributed by atoms with Crippen LogP contribution >= 0.6 is 11.6 Å². The molecular formula is C17H16ClFN2O3. The van der Waals surface area contributed by atoms with E-state index in [-0.39, 0.29) is 29.4 Å². The topological polar surface area (TPSA) is 67.4 Å². The Morgan fingerprint density at radius 2 is 1.92 bits per heavy atom. The van der Waals surface area contributed by atoms with Gasteiger partial charge in [0.05, 0.1) is 30.1 Å². The molecule has 0 bridgehead atoms. The largest absolute Gasteiger partial charge is 0.462 e. The molecule has 0 fully saturated rings. The molecule has 2 N–H and O–H groups in total. The number of benzene rings is 2. The van der Waals surface area contributed by atoms with Gasteiger partial charge in [-0.25, -0.2) is 9.18 Å². The molecule has 7 heteroatoms. The maximum Gasteiger partial charge on any atom is 0.340 e. The van der Waals surface area contributed by atoms with E-state index in [4.69, 9.17) is 16.3 Å². The summed E-state index contributed by atoms with van der Waals surface area (Å²) in [6.45, 7) is 1.76. The fourth-order valence-electron chi connectivity index (χ4n) is 1.98. The van der Waals surface area contributed by atoms with Gasteiger partial charge in [0.2, 0.25) is 5.91 Å². The summed E-state index contributed by atoms with van der Waals surface area (Å²) in [5.41, 5.74) is 0.748. The molecule has 5 nitrogen and oxygen atoms in total. The van der Waals surface area contributed by atoms with Crippen LogP contribution in [-0.4, -0.2) is 25.0 Å². The van der Waals surface area contributed by atoms with E-state index in [1.54, 1.807) is 31.2 Å². The molecule has 2 rings (SSSR count). The van der Waals surface area contributed by atoms with Crippen LogP contribution < -0.4 is 10.6 Å². The van der Waals surface area contributed by atoms with E-state index >= 15 is 0 Å². The van der Waals surface area contributed by atoms with Crippen LogP contribution in [0.4, 0.5) is 15.8 Å². The third-order valence-electron chi connectivity index (χ3n) is 3.07. The molecule has 0 radical (unpaired) electrons. The molecule has 0 atom stereocenters.